The lowest BCUT2D eigenvalue weighted by molar-refractivity contribution is 0.476. The van der Waals surface area contributed by atoms with Gasteiger partial charge in [0.15, 0.2) is 23.0 Å². The first-order valence-electron chi connectivity index (χ1n) is 14.0. The summed E-state index contributed by atoms with van der Waals surface area (Å²) in [4.78, 5) is 0. The Bertz CT molecular complexity index is 2240. The van der Waals surface area contributed by atoms with Crippen molar-refractivity contribution in [3.63, 3.8) is 0 Å². The Balaban J connectivity index is 1.13. The molecule has 41 heavy (non-hydrogen) atoms. The SMILES string of the molecule is c1ccc2c(c1)Oc1cccc3c4cc(Cc5ccc6c(c5)c5cccc7c5n6-c5ccccc5O7)ccc4n-2c13. The summed E-state index contributed by atoms with van der Waals surface area (Å²) in [6.07, 6.45) is 0.852. The molecule has 6 aromatic carbocycles. The largest absolute Gasteiger partial charge is 0.453 e. The normalized spacial score (nSPS) is 12.9. The molecule has 0 saturated carbocycles. The summed E-state index contributed by atoms with van der Waals surface area (Å²) in [5, 5.41) is 4.94. The number of ether oxygens (including phenoxy) is 2. The van der Waals surface area contributed by atoms with Crippen LogP contribution in [0.15, 0.2) is 121 Å². The van der Waals surface area contributed by atoms with Crippen molar-refractivity contribution in [2.45, 2.75) is 6.42 Å². The van der Waals surface area contributed by atoms with E-state index in [1.807, 2.05) is 24.3 Å². The van der Waals surface area contributed by atoms with Gasteiger partial charge in [0.05, 0.1) is 33.4 Å². The topological polar surface area (TPSA) is 28.3 Å². The number of para-hydroxylation sites is 6. The van der Waals surface area contributed by atoms with Gasteiger partial charge in [-0.05, 0) is 78.2 Å². The monoisotopic (exact) mass is 526 g/mol. The lowest BCUT2D eigenvalue weighted by Crippen LogP contribution is -2.03. The molecule has 0 bridgehead atoms. The van der Waals surface area contributed by atoms with Crippen LogP contribution in [0.2, 0.25) is 0 Å². The van der Waals surface area contributed by atoms with Gasteiger partial charge < -0.3 is 18.6 Å². The molecule has 0 unspecified atom stereocenters. The molecule has 0 radical (unpaired) electrons. The van der Waals surface area contributed by atoms with Gasteiger partial charge in [-0.25, -0.2) is 0 Å². The van der Waals surface area contributed by atoms with Crippen LogP contribution in [0.3, 0.4) is 0 Å². The van der Waals surface area contributed by atoms with Gasteiger partial charge in [-0.3, -0.25) is 0 Å². The lowest BCUT2D eigenvalue weighted by Gasteiger charge is -2.20. The van der Waals surface area contributed by atoms with Crippen molar-refractivity contribution < 1.29 is 9.47 Å². The lowest BCUT2D eigenvalue weighted by atomic mass is 10.0. The number of hydrogen-bond donors (Lipinski definition) is 0. The molecule has 4 nitrogen and oxygen atoms in total. The van der Waals surface area contributed by atoms with Crippen molar-refractivity contribution in [3.05, 3.63) is 132 Å². The molecule has 10 rings (SSSR count). The van der Waals surface area contributed by atoms with Crippen LogP contribution in [0.25, 0.3) is 55.0 Å². The molecule has 4 heterocycles. The molecule has 2 aliphatic heterocycles. The number of hydrogen-bond acceptors (Lipinski definition) is 2. The van der Waals surface area contributed by atoms with E-state index in [1.165, 1.54) is 43.7 Å². The van der Waals surface area contributed by atoms with Crippen LogP contribution in [0, 0.1) is 0 Å². The second-order valence-corrected chi connectivity index (χ2v) is 11.0. The summed E-state index contributed by atoms with van der Waals surface area (Å²) in [5.74, 6) is 3.59. The maximum absolute atomic E-state index is 6.30. The van der Waals surface area contributed by atoms with E-state index in [1.54, 1.807) is 0 Å². The summed E-state index contributed by atoms with van der Waals surface area (Å²) in [6, 6.07) is 43.1. The Labute approximate surface area is 235 Å². The average molecular weight is 527 g/mol. The highest BCUT2D eigenvalue weighted by molar-refractivity contribution is 6.13. The highest BCUT2D eigenvalue weighted by atomic mass is 16.5. The first kappa shape index (κ1) is 21.4. The minimum Gasteiger partial charge on any atom is -0.453 e. The van der Waals surface area contributed by atoms with Crippen molar-refractivity contribution in [1.82, 2.24) is 9.13 Å². The summed E-state index contributed by atoms with van der Waals surface area (Å²) in [6.45, 7) is 0. The molecule has 0 spiro atoms. The molecule has 0 amide bonds. The molecule has 2 aromatic heterocycles. The molecule has 192 valence electrons. The molecule has 4 heteroatoms. The molecule has 0 atom stereocenters. The van der Waals surface area contributed by atoms with Crippen molar-refractivity contribution in [2.75, 3.05) is 0 Å². The van der Waals surface area contributed by atoms with E-state index in [2.05, 4.69) is 106 Å². The molecule has 8 aromatic rings. The van der Waals surface area contributed by atoms with Gasteiger partial charge in [0, 0.05) is 21.5 Å². The fraction of sp³-hybridized carbons (Fsp3) is 0.0270. The van der Waals surface area contributed by atoms with Gasteiger partial charge >= 0.3 is 0 Å². The zero-order valence-electron chi connectivity index (χ0n) is 22.0. The van der Waals surface area contributed by atoms with E-state index < -0.39 is 0 Å². The van der Waals surface area contributed by atoms with Gasteiger partial charge in [-0.2, -0.15) is 0 Å². The molecule has 2 aliphatic rings. The average Bonchev–Trinajstić information content (AvgIpc) is 3.53. The molecule has 0 saturated heterocycles. The smallest absolute Gasteiger partial charge is 0.152 e. The first-order chi connectivity index (χ1) is 20.3. The van der Waals surface area contributed by atoms with E-state index in [0.717, 1.165) is 51.8 Å². The summed E-state index contributed by atoms with van der Waals surface area (Å²) in [7, 11) is 0. The zero-order valence-corrected chi connectivity index (χ0v) is 22.0. The number of aromatic nitrogens is 2. The third-order valence-corrected chi connectivity index (χ3v) is 8.69. The Morgan fingerprint density at radius 2 is 0.878 bits per heavy atom. The van der Waals surface area contributed by atoms with Crippen LogP contribution < -0.4 is 9.47 Å². The zero-order chi connectivity index (χ0) is 26.7. The molecule has 0 aliphatic carbocycles. The predicted octanol–water partition coefficient (Wildman–Crippen LogP) is 9.68. The van der Waals surface area contributed by atoms with Crippen LogP contribution in [0.1, 0.15) is 11.1 Å². The van der Waals surface area contributed by atoms with Gasteiger partial charge in [0.2, 0.25) is 0 Å². The van der Waals surface area contributed by atoms with E-state index >= 15 is 0 Å². The van der Waals surface area contributed by atoms with E-state index in [0.29, 0.717) is 0 Å². The Hall–Kier alpha value is -5.48. The minimum atomic E-state index is 0.852. The third-order valence-electron chi connectivity index (χ3n) is 8.69. The summed E-state index contributed by atoms with van der Waals surface area (Å²) in [5.41, 5.74) is 9.43. The maximum Gasteiger partial charge on any atom is 0.152 e. The van der Waals surface area contributed by atoms with Gasteiger partial charge in [-0.15, -0.1) is 0 Å². The van der Waals surface area contributed by atoms with E-state index in [-0.39, 0.29) is 0 Å². The van der Waals surface area contributed by atoms with Crippen molar-refractivity contribution in [2.24, 2.45) is 0 Å². The minimum absolute atomic E-state index is 0.852. The number of nitrogens with zero attached hydrogens (tertiary/aromatic N) is 2. The van der Waals surface area contributed by atoms with E-state index in [9.17, 15) is 0 Å². The quantitative estimate of drug-likeness (QED) is 0.224. The maximum atomic E-state index is 6.30. The summed E-state index contributed by atoms with van der Waals surface area (Å²) >= 11 is 0. The molecular formula is C37H22N2O2. The Kier molecular flexibility index (Phi) is 3.95. The molecule has 0 N–H and O–H groups in total. The van der Waals surface area contributed by atoms with Crippen molar-refractivity contribution in [1.29, 1.82) is 0 Å². The highest BCUT2D eigenvalue weighted by Crippen LogP contribution is 2.47. The van der Waals surface area contributed by atoms with Gasteiger partial charge in [-0.1, -0.05) is 60.7 Å². The second kappa shape index (κ2) is 7.58. The molecule has 0 fully saturated rings. The van der Waals surface area contributed by atoms with Crippen LogP contribution in [-0.4, -0.2) is 9.13 Å². The van der Waals surface area contributed by atoms with Gasteiger partial charge in [0.25, 0.3) is 0 Å². The fourth-order valence-corrected chi connectivity index (χ4v) is 6.98. The van der Waals surface area contributed by atoms with Crippen molar-refractivity contribution in [3.8, 4) is 34.4 Å². The molecular weight excluding hydrogens is 504 g/mol. The Morgan fingerprint density at radius 3 is 1.39 bits per heavy atom. The van der Waals surface area contributed by atoms with Crippen LogP contribution in [0.5, 0.6) is 23.0 Å². The van der Waals surface area contributed by atoms with Crippen LogP contribution in [-0.2, 0) is 6.42 Å². The number of fused-ring (bicyclic) bond motifs is 10. The third kappa shape index (κ3) is 2.78. The number of benzene rings is 6. The van der Waals surface area contributed by atoms with Crippen LogP contribution >= 0.6 is 0 Å². The number of rotatable bonds is 2. The fourth-order valence-electron chi connectivity index (χ4n) is 6.98. The summed E-state index contributed by atoms with van der Waals surface area (Å²) < 4.78 is 17.3. The standard InChI is InChI=1S/C37H22N2O2/c1-3-11-32-30(9-1)38-28-17-15-22(20-26(28)24-7-5-13-34(40-32)36(24)38)19-23-16-18-29-27(21-23)25-8-6-14-35-37(25)39(29)31-10-2-4-12-33(31)41-35/h1-18,20-21H,19H2. The van der Waals surface area contributed by atoms with Crippen molar-refractivity contribution >= 4 is 43.6 Å². The first-order valence-corrected chi connectivity index (χ1v) is 14.0. The van der Waals surface area contributed by atoms with Crippen LogP contribution in [0.4, 0.5) is 0 Å². The predicted molar refractivity (Wildman–Crippen MR) is 165 cm³/mol. The van der Waals surface area contributed by atoms with Gasteiger partial charge in [0.1, 0.15) is 0 Å². The second-order valence-electron chi connectivity index (χ2n) is 11.0. The van der Waals surface area contributed by atoms with E-state index in [4.69, 9.17) is 9.47 Å². The Morgan fingerprint density at radius 1 is 0.415 bits per heavy atom. The highest BCUT2D eigenvalue weighted by Gasteiger charge is 2.25.